The number of hydrogen-bond donors (Lipinski definition) is 2. The van der Waals surface area contributed by atoms with Crippen molar-refractivity contribution < 1.29 is 8.42 Å². The van der Waals surface area contributed by atoms with Crippen LogP contribution >= 0.6 is 11.6 Å². The van der Waals surface area contributed by atoms with Crippen LogP contribution in [0.5, 0.6) is 0 Å². The zero-order valence-electron chi connectivity index (χ0n) is 10.1. The Balaban J connectivity index is 2.24. The minimum Gasteiger partial charge on any atom is -0.373 e. The van der Waals surface area contributed by atoms with Crippen molar-refractivity contribution in [1.82, 2.24) is 4.98 Å². The highest BCUT2D eigenvalue weighted by molar-refractivity contribution is 7.92. The van der Waals surface area contributed by atoms with Gasteiger partial charge >= 0.3 is 0 Å². The average molecular weight is 298 g/mol. The maximum absolute atomic E-state index is 12.1. The van der Waals surface area contributed by atoms with Crippen molar-refractivity contribution in [3.8, 4) is 0 Å². The average Bonchev–Trinajstić information content (AvgIpc) is 2.41. The van der Waals surface area contributed by atoms with E-state index in [0.717, 1.165) is 0 Å². The van der Waals surface area contributed by atoms with Crippen molar-refractivity contribution >= 4 is 33.1 Å². The molecule has 0 aliphatic carbocycles. The molecule has 0 fully saturated rings. The summed E-state index contributed by atoms with van der Waals surface area (Å²) in [7, 11) is -1.92. The van der Waals surface area contributed by atoms with E-state index in [4.69, 9.17) is 11.6 Å². The predicted octanol–water partition coefficient (Wildman–Crippen LogP) is 2.58. The minimum absolute atomic E-state index is 0.0986. The Morgan fingerprint density at radius 3 is 2.32 bits per heavy atom. The van der Waals surface area contributed by atoms with E-state index in [1.165, 1.54) is 12.3 Å². The fourth-order valence-electron chi connectivity index (χ4n) is 1.42. The Kier molecular flexibility index (Phi) is 3.92. The van der Waals surface area contributed by atoms with Crippen LogP contribution in [0.4, 0.5) is 11.5 Å². The van der Waals surface area contributed by atoms with Crippen LogP contribution in [0.1, 0.15) is 0 Å². The third kappa shape index (κ3) is 3.36. The first-order chi connectivity index (χ1) is 9.01. The summed E-state index contributed by atoms with van der Waals surface area (Å²) in [6, 6.07) is 9.49. The van der Waals surface area contributed by atoms with Gasteiger partial charge in [-0.15, -0.1) is 0 Å². The maximum atomic E-state index is 12.1. The fraction of sp³-hybridized carbons (Fsp3) is 0.0833. The van der Waals surface area contributed by atoms with Crippen molar-refractivity contribution in [1.29, 1.82) is 0 Å². The second kappa shape index (κ2) is 5.46. The third-order valence-electron chi connectivity index (χ3n) is 2.40. The fourth-order valence-corrected chi connectivity index (χ4v) is 2.55. The molecule has 5 nitrogen and oxygen atoms in total. The molecule has 2 aromatic rings. The molecule has 0 unspecified atom stereocenters. The Morgan fingerprint density at radius 2 is 1.79 bits per heavy atom. The number of benzene rings is 1. The van der Waals surface area contributed by atoms with E-state index >= 15 is 0 Å². The van der Waals surface area contributed by atoms with Crippen LogP contribution in [-0.4, -0.2) is 20.4 Å². The molecule has 1 aromatic heterocycles. The molecule has 2 N–H and O–H groups in total. The summed E-state index contributed by atoms with van der Waals surface area (Å²) in [6.07, 6.45) is 1.30. The number of nitrogens with zero attached hydrogens (tertiary/aromatic N) is 1. The molecular formula is C12H12ClN3O2S. The third-order valence-corrected chi connectivity index (χ3v) is 4.02. The SMILES string of the molecule is CNc1ccc(S(=O)(=O)Nc2ccc(Cl)cc2)cn1. The minimum atomic E-state index is -3.63. The Morgan fingerprint density at radius 1 is 1.11 bits per heavy atom. The van der Waals surface area contributed by atoms with E-state index in [9.17, 15) is 8.42 Å². The Labute approximate surface area is 116 Å². The zero-order valence-corrected chi connectivity index (χ0v) is 11.7. The number of pyridine rings is 1. The van der Waals surface area contributed by atoms with Gasteiger partial charge in [-0.3, -0.25) is 4.72 Å². The van der Waals surface area contributed by atoms with E-state index < -0.39 is 10.0 Å². The van der Waals surface area contributed by atoms with Gasteiger partial charge in [0, 0.05) is 24.0 Å². The van der Waals surface area contributed by atoms with Gasteiger partial charge in [-0.2, -0.15) is 0 Å². The van der Waals surface area contributed by atoms with Crippen LogP contribution < -0.4 is 10.0 Å². The molecule has 0 spiro atoms. The second-order valence-corrected chi connectivity index (χ2v) is 5.86. The van der Waals surface area contributed by atoms with E-state index in [2.05, 4.69) is 15.0 Å². The largest absolute Gasteiger partial charge is 0.373 e. The molecule has 0 amide bonds. The first kappa shape index (κ1) is 13.6. The van der Waals surface area contributed by atoms with Crippen LogP contribution in [0.2, 0.25) is 5.02 Å². The molecule has 0 saturated carbocycles. The van der Waals surface area contributed by atoms with Crippen LogP contribution in [0.3, 0.4) is 0 Å². The number of rotatable bonds is 4. The van der Waals surface area contributed by atoms with Gasteiger partial charge in [0.25, 0.3) is 10.0 Å². The van der Waals surface area contributed by atoms with Crippen molar-refractivity contribution in [2.45, 2.75) is 4.90 Å². The lowest BCUT2D eigenvalue weighted by Crippen LogP contribution is -2.13. The van der Waals surface area contributed by atoms with E-state index in [1.807, 2.05) is 0 Å². The lowest BCUT2D eigenvalue weighted by atomic mass is 10.3. The Bertz CT molecular complexity index is 654. The molecule has 0 radical (unpaired) electrons. The van der Waals surface area contributed by atoms with Crippen LogP contribution in [0, 0.1) is 0 Å². The number of halogens is 1. The molecule has 0 saturated heterocycles. The van der Waals surface area contributed by atoms with E-state index in [-0.39, 0.29) is 4.90 Å². The second-order valence-electron chi connectivity index (χ2n) is 3.74. The monoisotopic (exact) mass is 297 g/mol. The molecule has 0 bridgehead atoms. The van der Waals surface area contributed by atoms with Gasteiger partial charge in [0.15, 0.2) is 0 Å². The molecule has 0 atom stereocenters. The molecule has 2 rings (SSSR count). The molecule has 0 aliphatic rings. The van der Waals surface area contributed by atoms with Gasteiger partial charge in [0.05, 0.1) is 0 Å². The topological polar surface area (TPSA) is 71.1 Å². The van der Waals surface area contributed by atoms with Crippen LogP contribution in [0.15, 0.2) is 47.5 Å². The van der Waals surface area contributed by atoms with Gasteiger partial charge in [-0.25, -0.2) is 13.4 Å². The van der Waals surface area contributed by atoms with Crippen molar-refractivity contribution in [2.75, 3.05) is 17.1 Å². The molecular weight excluding hydrogens is 286 g/mol. The molecule has 7 heteroatoms. The summed E-state index contributed by atoms with van der Waals surface area (Å²) in [5.41, 5.74) is 0.446. The van der Waals surface area contributed by atoms with Crippen LogP contribution in [-0.2, 0) is 10.0 Å². The maximum Gasteiger partial charge on any atom is 0.263 e. The highest BCUT2D eigenvalue weighted by Gasteiger charge is 2.14. The number of anilines is 2. The van der Waals surface area contributed by atoms with E-state index in [1.54, 1.807) is 37.4 Å². The Hall–Kier alpha value is -1.79. The summed E-state index contributed by atoms with van der Waals surface area (Å²) in [6.45, 7) is 0. The highest BCUT2D eigenvalue weighted by Crippen LogP contribution is 2.18. The summed E-state index contributed by atoms with van der Waals surface area (Å²) < 4.78 is 26.6. The zero-order chi connectivity index (χ0) is 13.9. The van der Waals surface area contributed by atoms with Crippen molar-refractivity contribution in [3.05, 3.63) is 47.6 Å². The first-order valence-corrected chi connectivity index (χ1v) is 7.29. The smallest absolute Gasteiger partial charge is 0.263 e. The molecule has 0 aliphatic heterocycles. The van der Waals surface area contributed by atoms with Crippen molar-refractivity contribution in [2.24, 2.45) is 0 Å². The summed E-state index contributed by atoms with van der Waals surface area (Å²) in [5.74, 6) is 0.602. The highest BCUT2D eigenvalue weighted by atomic mass is 35.5. The van der Waals surface area contributed by atoms with Gasteiger partial charge in [-0.05, 0) is 36.4 Å². The summed E-state index contributed by atoms with van der Waals surface area (Å²) in [5, 5.41) is 3.36. The lowest BCUT2D eigenvalue weighted by Gasteiger charge is -2.08. The predicted molar refractivity (Wildman–Crippen MR) is 76.0 cm³/mol. The van der Waals surface area contributed by atoms with Crippen molar-refractivity contribution in [3.63, 3.8) is 0 Å². The standard InChI is InChI=1S/C12H12ClN3O2S/c1-14-12-7-6-11(8-15-12)19(17,18)16-10-4-2-9(13)3-5-10/h2-8,16H,1H3,(H,14,15). The summed E-state index contributed by atoms with van der Waals surface area (Å²) in [4.78, 5) is 4.07. The van der Waals surface area contributed by atoms with Crippen LogP contribution in [0.25, 0.3) is 0 Å². The number of hydrogen-bond acceptors (Lipinski definition) is 4. The van der Waals surface area contributed by atoms with E-state index in [0.29, 0.717) is 16.5 Å². The van der Waals surface area contributed by atoms with Gasteiger partial charge in [0.2, 0.25) is 0 Å². The quantitative estimate of drug-likeness (QED) is 0.910. The molecule has 100 valence electrons. The lowest BCUT2D eigenvalue weighted by molar-refractivity contribution is 0.601. The molecule has 1 heterocycles. The number of aromatic nitrogens is 1. The normalized spacial score (nSPS) is 11.1. The molecule has 19 heavy (non-hydrogen) atoms. The summed E-state index contributed by atoms with van der Waals surface area (Å²) >= 11 is 5.74. The molecule has 1 aromatic carbocycles. The van der Waals surface area contributed by atoms with Gasteiger partial charge < -0.3 is 5.32 Å². The first-order valence-electron chi connectivity index (χ1n) is 5.43. The number of nitrogens with one attached hydrogen (secondary N) is 2. The van der Waals surface area contributed by atoms with Gasteiger partial charge in [-0.1, -0.05) is 11.6 Å². The van der Waals surface area contributed by atoms with Gasteiger partial charge in [0.1, 0.15) is 10.7 Å². The number of sulfonamides is 1.